The summed E-state index contributed by atoms with van der Waals surface area (Å²) in [4.78, 5) is 12.2. The van der Waals surface area contributed by atoms with E-state index >= 15 is 0 Å². The first kappa shape index (κ1) is 14.5. The molecule has 3 rings (SSSR count). The van der Waals surface area contributed by atoms with E-state index in [0.29, 0.717) is 5.69 Å². The topological polar surface area (TPSA) is 81.6 Å². The summed E-state index contributed by atoms with van der Waals surface area (Å²) >= 11 is 2.10. The van der Waals surface area contributed by atoms with E-state index in [-0.39, 0.29) is 11.1 Å². The number of halogens is 2. The number of amides is 1. The predicted octanol–water partition coefficient (Wildman–Crippen LogP) is 3.43. The fraction of sp³-hybridized carbons (Fsp3) is 0. The highest BCUT2D eigenvalue weighted by Crippen LogP contribution is 2.22. The van der Waals surface area contributed by atoms with Crippen molar-refractivity contribution in [1.82, 2.24) is 10.2 Å². The van der Waals surface area contributed by atoms with Crippen LogP contribution in [0, 0.1) is 20.8 Å². The maximum atomic E-state index is 14.0. The normalized spacial score (nSPS) is 10.4. The summed E-state index contributed by atoms with van der Waals surface area (Å²) in [5.41, 5.74) is 0.979. The lowest BCUT2D eigenvalue weighted by Gasteiger charge is -2.07. The molecule has 0 aliphatic carbocycles. The lowest BCUT2D eigenvalue weighted by atomic mass is 10.1. The Hall–Kier alpha value is -2.47. The van der Waals surface area contributed by atoms with Gasteiger partial charge in [-0.2, -0.15) is 10.4 Å². The average molecular weight is 406 g/mol. The number of aromatic amines is 1. The van der Waals surface area contributed by atoms with Gasteiger partial charge in [-0.3, -0.25) is 9.89 Å². The molecule has 0 spiro atoms. The number of nitrogens with zero attached hydrogens (tertiary/aromatic N) is 2. The molecule has 0 radical (unpaired) electrons. The van der Waals surface area contributed by atoms with Crippen LogP contribution in [0.3, 0.4) is 0 Å². The van der Waals surface area contributed by atoms with Crippen molar-refractivity contribution in [2.75, 3.05) is 5.32 Å². The molecular formula is C15H8FIN4O. The fourth-order valence-electron chi connectivity index (χ4n) is 2.05. The van der Waals surface area contributed by atoms with Crippen LogP contribution in [0.15, 0.2) is 36.4 Å². The Balaban J connectivity index is 1.93. The van der Waals surface area contributed by atoms with Crippen LogP contribution in [0.1, 0.15) is 15.9 Å². The zero-order chi connectivity index (χ0) is 15.7. The molecule has 1 heterocycles. The average Bonchev–Trinajstić information content (AvgIpc) is 2.88. The molecular weight excluding hydrogens is 398 g/mol. The van der Waals surface area contributed by atoms with E-state index in [0.717, 1.165) is 14.6 Å². The number of hydrogen-bond donors (Lipinski definition) is 2. The molecule has 108 valence electrons. The number of aromatic nitrogens is 2. The molecule has 0 bridgehead atoms. The van der Waals surface area contributed by atoms with Gasteiger partial charge in [-0.25, -0.2) is 4.39 Å². The van der Waals surface area contributed by atoms with Crippen molar-refractivity contribution in [2.45, 2.75) is 0 Å². The van der Waals surface area contributed by atoms with Gasteiger partial charge in [0.15, 0.2) is 5.82 Å². The second kappa shape index (κ2) is 5.73. The van der Waals surface area contributed by atoms with Crippen molar-refractivity contribution in [2.24, 2.45) is 0 Å². The smallest absolute Gasteiger partial charge is 0.258 e. The Kier molecular flexibility index (Phi) is 3.77. The Labute approximate surface area is 138 Å². The number of benzene rings is 2. The van der Waals surface area contributed by atoms with Gasteiger partial charge in [0.25, 0.3) is 5.91 Å². The molecule has 0 saturated carbocycles. The van der Waals surface area contributed by atoms with Crippen LogP contribution in [0.4, 0.5) is 10.1 Å². The Morgan fingerprint density at radius 1 is 1.36 bits per heavy atom. The van der Waals surface area contributed by atoms with Crippen LogP contribution in [-0.2, 0) is 0 Å². The number of carbonyl (C=O) groups excluding carboxylic acids is 1. The highest BCUT2D eigenvalue weighted by Gasteiger charge is 2.15. The van der Waals surface area contributed by atoms with Crippen LogP contribution in [0.25, 0.3) is 10.9 Å². The van der Waals surface area contributed by atoms with E-state index in [2.05, 4.69) is 38.1 Å². The lowest BCUT2D eigenvalue weighted by Crippen LogP contribution is -2.14. The standard InChI is InChI=1S/C15H8FIN4O/c16-13-8(7-18)2-1-3-10(13)15(22)19-9-4-5-12-11(6-9)14(17)21-20-12/h1-6H,(H,19,22)(H,20,21). The molecule has 0 fully saturated rings. The summed E-state index contributed by atoms with van der Waals surface area (Å²) in [6.45, 7) is 0. The van der Waals surface area contributed by atoms with Gasteiger partial charge in [-0.05, 0) is 52.9 Å². The quantitative estimate of drug-likeness (QED) is 0.640. The highest BCUT2D eigenvalue weighted by molar-refractivity contribution is 14.1. The summed E-state index contributed by atoms with van der Waals surface area (Å²) in [6.07, 6.45) is 0. The molecule has 1 amide bonds. The Morgan fingerprint density at radius 3 is 2.95 bits per heavy atom. The van der Waals surface area contributed by atoms with E-state index in [4.69, 9.17) is 5.26 Å². The van der Waals surface area contributed by atoms with E-state index in [9.17, 15) is 9.18 Å². The van der Waals surface area contributed by atoms with E-state index in [1.807, 2.05) is 0 Å². The van der Waals surface area contributed by atoms with Crippen molar-refractivity contribution in [3.8, 4) is 6.07 Å². The molecule has 5 nitrogen and oxygen atoms in total. The molecule has 0 saturated heterocycles. The number of H-pyrrole nitrogens is 1. The van der Waals surface area contributed by atoms with Crippen molar-refractivity contribution in [3.05, 3.63) is 57.0 Å². The molecule has 1 aromatic heterocycles. The van der Waals surface area contributed by atoms with Gasteiger partial charge >= 0.3 is 0 Å². The summed E-state index contributed by atoms with van der Waals surface area (Å²) < 4.78 is 14.8. The van der Waals surface area contributed by atoms with Crippen molar-refractivity contribution >= 4 is 45.1 Å². The minimum atomic E-state index is -0.818. The molecule has 2 N–H and O–H groups in total. The first-order valence-electron chi connectivity index (χ1n) is 6.23. The van der Waals surface area contributed by atoms with Gasteiger partial charge in [0.2, 0.25) is 0 Å². The lowest BCUT2D eigenvalue weighted by molar-refractivity contribution is 0.102. The second-order valence-corrected chi connectivity index (χ2v) is 5.58. The summed E-state index contributed by atoms with van der Waals surface area (Å²) in [5, 5.41) is 19.2. The minimum absolute atomic E-state index is 0.160. The van der Waals surface area contributed by atoms with Gasteiger partial charge < -0.3 is 5.32 Å². The van der Waals surface area contributed by atoms with Crippen LogP contribution >= 0.6 is 22.6 Å². The summed E-state index contributed by atoms with van der Waals surface area (Å²) in [5.74, 6) is -1.42. The number of carbonyl (C=O) groups is 1. The van der Waals surface area contributed by atoms with Gasteiger partial charge in [-0.1, -0.05) is 6.07 Å². The third-order valence-electron chi connectivity index (χ3n) is 3.13. The predicted molar refractivity (Wildman–Crippen MR) is 87.9 cm³/mol. The van der Waals surface area contributed by atoms with E-state index in [1.165, 1.54) is 18.2 Å². The minimum Gasteiger partial charge on any atom is -0.322 e. The number of nitriles is 1. The van der Waals surface area contributed by atoms with Gasteiger partial charge in [0.05, 0.1) is 16.6 Å². The number of nitrogens with one attached hydrogen (secondary N) is 2. The first-order chi connectivity index (χ1) is 10.6. The van der Waals surface area contributed by atoms with Gasteiger partial charge in [-0.15, -0.1) is 0 Å². The maximum absolute atomic E-state index is 14.0. The largest absolute Gasteiger partial charge is 0.322 e. The van der Waals surface area contributed by atoms with Crippen LogP contribution < -0.4 is 5.32 Å². The van der Waals surface area contributed by atoms with E-state index in [1.54, 1.807) is 24.3 Å². The Bertz CT molecular complexity index is 929. The first-order valence-corrected chi connectivity index (χ1v) is 7.31. The summed E-state index contributed by atoms with van der Waals surface area (Å²) in [7, 11) is 0. The number of anilines is 1. The van der Waals surface area contributed by atoms with E-state index < -0.39 is 11.7 Å². The number of fused-ring (bicyclic) bond motifs is 1. The third-order valence-corrected chi connectivity index (χ3v) is 3.95. The second-order valence-electron chi connectivity index (χ2n) is 4.50. The highest BCUT2D eigenvalue weighted by atomic mass is 127. The molecule has 0 aliphatic rings. The van der Waals surface area contributed by atoms with Crippen molar-refractivity contribution in [3.63, 3.8) is 0 Å². The van der Waals surface area contributed by atoms with Crippen LogP contribution in [0.2, 0.25) is 0 Å². The SMILES string of the molecule is N#Cc1cccc(C(=O)Nc2ccc3n[nH]c(I)c3c2)c1F. The summed E-state index contributed by atoms with van der Waals surface area (Å²) in [6, 6.07) is 11.0. The van der Waals surface area contributed by atoms with Crippen molar-refractivity contribution in [1.29, 1.82) is 5.26 Å². The van der Waals surface area contributed by atoms with Gasteiger partial charge in [0.1, 0.15) is 9.77 Å². The number of hydrogen-bond acceptors (Lipinski definition) is 3. The third kappa shape index (κ3) is 2.53. The van der Waals surface area contributed by atoms with Crippen LogP contribution in [0.5, 0.6) is 0 Å². The zero-order valence-corrected chi connectivity index (χ0v) is 13.2. The van der Waals surface area contributed by atoms with Crippen molar-refractivity contribution < 1.29 is 9.18 Å². The fourth-order valence-corrected chi connectivity index (χ4v) is 2.60. The molecule has 22 heavy (non-hydrogen) atoms. The molecule has 3 aromatic rings. The molecule has 0 atom stereocenters. The maximum Gasteiger partial charge on any atom is 0.258 e. The molecule has 2 aromatic carbocycles. The molecule has 7 heteroatoms. The van der Waals surface area contributed by atoms with Gasteiger partial charge in [0, 0.05) is 11.1 Å². The number of rotatable bonds is 2. The monoisotopic (exact) mass is 406 g/mol. The van der Waals surface area contributed by atoms with Crippen LogP contribution in [-0.4, -0.2) is 16.1 Å². The zero-order valence-electron chi connectivity index (χ0n) is 11.0. The molecule has 0 aliphatic heterocycles. The Morgan fingerprint density at radius 2 is 2.18 bits per heavy atom. The molecule has 0 unspecified atom stereocenters.